The Bertz CT molecular complexity index is 739. The first-order chi connectivity index (χ1) is 11.7. The number of morpholine rings is 1. The fraction of sp³-hybridized carbons (Fsp3) is 0.500. The van der Waals surface area contributed by atoms with Gasteiger partial charge in [0.25, 0.3) is 0 Å². The van der Waals surface area contributed by atoms with Gasteiger partial charge in [0, 0.05) is 55.9 Å². The Morgan fingerprint density at radius 1 is 1.21 bits per heavy atom. The summed E-state index contributed by atoms with van der Waals surface area (Å²) in [6.07, 6.45) is 2.18. The molecule has 5 nitrogen and oxygen atoms in total. The first kappa shape index (κ1) is 16.0. The fourth-order valence-corrected chi connectivity index (χ4v) is 4.83. The second kappa shape index (κ2) is 6.78. The topological polar surface area (TPSA) is 37.7 Å². The summed E-state index contributed by atoms with van der Waals surface area (Å²) in [6.45, 7) is 5.25. The van der Waals surface area contributed by atoms with Crippen LogP contribution < -0.4 is 0 Å². The Hall–Kier alpha value is -1.50. The zero-order valence-electron chi connectivity index (χ0n) is 14.0. The van der Waals surface area contributed by atoms with E-state index in [2.05, 4.69) is 51.9 Å². The van der Waals surface area contributed by atoms with Crippen LogP contribution in [-0.4, -0.2) is 65.4 Å². The molecule has 2 saturated heterocycles. The number of fused-ring (bicyclic) bond motifs is 1. The monoisotopic (exact) mass is 345 g/mol. The van der Waals surface area contributed by atoms with E-state index in [1.807, 2.05) is 0 Å². The molecule has 0 spiro atoms. The van der Waals surface area contributed by atoms with E-state index >= 15 is 0 Å². The predicted molar refractivity (Wildman–Crippen MR) is 97.1 cm³/mol. The largest absolute Gasteiger partial charge is 0.379 e. The van der Waals surface area contributed by atoms with Crippen LogP contribution in [0.25, 0.3) is 10.9 Å². The third-order valence-corrected chi connectivity index (χ3v) is 6.16. The Kier molecular flexibility index (Phi) is 4.52. The van der Waals surface area contributed by atoms with Crippen LogP contribution in [0.3, 0.4) is 0 Å². The number of ether oxygens (including phenoxy) is 1. The lowest BCUT2D eigenvalue weighted by Gasteiger charge is -2.30. The molecule has 2 aliphatic heterocycles. The predicted octanol–water partition coefficient (Wildman–Crippen LogP) is 2.08. The van der Waals surface area contributed by atoms with Crippen molar-refractivity contribution < 1.29 is 9.53 Å². The first-order valence-corrected chi connectivity index (χ1v) is 9.54. The van der Waals surface area contributed by atoms with Gasteiger partial charge >= 0.3 is 0 Å². The van der Waals surface area contributed by atoms with Gasteiger partial charge in [0.2, 0.25) is 5.91 Å². The maximum atomic E-state index is 12.4. The summed E-state index contributed by atoms with van der Waals surface area (Å²) in [6, 6.07) is 8.44. The van der Waals surface area contributed by atoms with Crippen molar-refractivity contribution in [1.82, 2.24) is 14.4 Å². The lowest BCUT2D eigenvalue weighted by Crippen LogP contribution is -2.42. The highest BCUT2D eigenvalue weighted by atomic mass is 32.2. The summed E-state index contributed by atoms with van der Waals surface area (Å²) in [5.74, 6) is 0.836. The zero-order valence-corrected chi connectivity index (χ0v) is 14.8. The number of nitrogens with zero attached hydrogens (tertiary/aromatic N) is 3. The molecule has 0 aliphatic carbocycles. The van der Waals surface area contributed by atoms with Crippen LogP contribution in [0.4, 0.5) is 0 Å². The van der Waals surface area contributed by atoms with Gasteiger partial charge < -0.3 is 14.2 Å². The number of amides is 1. The summed E-state index contributed by atoms with van der Waals surface area (Å²) in [5.41, 5.74) is 2.48. The number of hydrogen-bond acceptors (Lipinski definition) is 4. The molecule has 3 heterocycles. The number of carbonyl (C=O) groups is 1. The zero-order chi connectivity index (χ0) is 16.5. The Labute approximate surface area is 146 Å². The normalized spacial score (nSPS) is 22.6. The van der Waals surface area contributed by atoms with E-state index in [1.54, 1.807) is 11.8 Å². The van der Waals surface area contributed by atoms with Crippen molar-refractivity contribution in [2.45, 2.75) is 5.37 Å². The van der Waals surface area contributed by atoms with E-state index in [-0.39, 0.29) is 11.3 Å². The van der Waals surface area contributed by atoms with Crippen molar-refractivity contribution >= 4 is 28.6 Å². The van der Waals surface area contributed by atoms with Crippen molar-refractivity contribution in [2.75, 3.05) is 45.1 Å². The van der Waals surface area contributed by atoms with Gasteiger partial charge in [-0.3, -0.25) is 9.69 Å². The maximum Gasteiger partial charge on any atom is 0.233 e. The quantitative estimate of drug-likeness (QED) is 0.850. The van der Waals surface area contributed by atoms with Crippen LogP contribution in [0.1, 0.15) is 10.9 Å². The molecule has 2 aliphatic rings. The molecule has 1 amide bonds. The van der Waals surface area contributed by atoms with E-state index < -0.39 is 0 Å². The second-order valence-electron chi connectivity index (χ2n) is 6.42. The van der Waals surface area contributed by atoms with Crippen LogP contribution in [0.5, 0.6) is 0 Å². The van der Waals surface area contributed by atoms with Crippen molar-refractivity contribution in [3.8, 4) is 0 Å². The van der Waals surface area contributed by atoms with Gasteiger partial charge in [0.1, 0.15) is 5.37 Å². The standard InChI is InChI=1S/C18H23N3O2S/c1-19-12-15(14-4-2-3-5-16(14)19)18-21(17(22)13-24-18)7-6-20-8-10-23-11-9-20/h2-5,12,18H,6-11,13H2,1H3. The van der Waals surface area contributed by atoms with Gasteiger partial charge in [-0.1, -0.05) is 18.2 Å². The highest BCUT2D eigenvalue weighted by Crippen LogP contribution is 2.41. The molecule has 0 saturated carbocycles. The number of carbonyl (C=O) groups excluding carboxylic acids is 1. The van der Waals surface area contributed by atoms with Crippen LogP contribution in [0.2, 0.25) is 0 Å². The molecule has 2 aromatic rings. The molecule has 128 valence electrons. The number of benzene rings is 1. The summed E-state index contributed by atoms with van der Waals surface area (Å²) in [4.78, 5) is 16.9. The highest BCUT2D eigenvalue weighted by molar-refractivity contribution is 8.00. The molecule has 0 radical (unpaired) electrons. The number of aromatic nitrogens is 1. The van der Waals surface area contributed by atoms with Crippen molar-refractivity contribution in [1.29, 1.82) is 0 Å². The lowest BCUT2D eigenvalue weighted by molar-refractivity contribution is -0.128. The summed E-state index contributed by atoms with van der Waals surface area (Å²) < 4.78 is 7.57. The third kappa shape index (κ3) is 2.94. The van der Waals surface area contributed by atoms with Gasteiger partial charge in [0.05, 0.1) is 19.0 Å². The SMILES string of the molecule is Cn1cc(C2SCC(=O)N2CCN2CCOCC2)c2ccccc21. The van der Waals surface area contributed by atoms with Gasteiger partial charge in [-0.05, 0) is 6.07 Å². The van der Waals surface area contributed by atoms with Crippen LogP contribution >= 0.6 is 11.8 Å². The average Bonchev–Trinajstić information content (AvgIpc) is 3.14. The average molecular weight is 345 g/mol. The fourth-order valence-electron chi connectivity index (χ4n) is 3.60. The maximum absolute atomic E-state index is 12.4. The van der Waals surface area contributed by atoms with Crippen LogP contribution in [0, 0.1) is 0 Å². The van der Waals surface area contributed by atoms with Crippen molar-refractivity contribution in [2.24, 2.45) is 7.05 Å². The Morgan fingerprint density at radius 3 is 2.83 bits per heavy atom. The molecule has 1 aromatic carbocycles. The molecular weight excluding hydrogens is 322 g/mol. The summed E-state index contributed by atoms with van der Waals surface area (Å²) >= 11 is 1.75. The minimum Gasteiger partial charge on any atom is -0.379 e. The Balaban J connectivity index is 1.55. The number of thioether (sulfide) groups is 1. The molecular formula is C18H23N3O2S. The molecule has 2 fully saturated rings. The molecule has 24 heavy (non-hydrogen) atoms. The number of aryl methyl sites for hydroxylation is 1. The number of para-hydroxylation sites is 1. The Morgan fingerprint density at radius 2 is 2.00 bits per heavy atom. The highest BCUT2D eigenvalue weighted by Gasteiger charge is 2.34. The molecule has 1 unspecified atom stereocenters. The molecule has 1 aromatic heterocycles. The lowest BCUT2D eigenvalue weighted by atomic mass is 10.1. The summed E-state index contributed by atoms with van der Waals surface area (Å²) in [5, 5.41) is 1.38. The number of hydrogen-bond donors (Lipinski definition) is 0. The van der Waals surface area contributed by atoms with E-state index in [0.29, 0.717) is 5.75 Å². The summed E-state index contributed by atoms with van der Waals surface area (Å²) in [7, 11) is 2.07. The number of rotatable bonds is 4. The van der Waals surface area contributed by atoms with Gasteiger partial charge in [-0.15, -0.1) is 11.8 Å². The van der Waals surface area contributed by atoms with E-state index in [9.17, 15) is 4.79 Å². The smallest absolute Gasteiger partial charge is 0.233 e. The van der Waals surface area contributed by atoms with E-state index in [0.717, 1.165) is 39.4 Å². The minimum atomic E-state index is 0.129. The second-order valence-corrected chi connectivity index (χ2v) is 7.49. The molecule has 6 heteroatoms. The van der Waals surface area contributed by atoms with Crippen LogP contribution in [0.15, 0.2) is 30.5 Å². The van der Waals surface area contributed by atoms with Crippen molar-refractivity contribution in [3.63, 3.8) is 0 Å². The van der Waals surface area contributed by atoms with Crippen molar-refractivity contribution in [3.05, 3.63) is 36.0 Å². The molecule has 0 bridgehead atoms. The molecule has 0 N–H and O–H groups in total. The third-order valence-electron chi connectivity index (χ3n) is 4.92. The molecule has 4 rings (SSSR count). The van der Waals surface area contributed by atoms with Crippen LogP contribution in [-0.2, 0) is 16.6 Å². The molecule has 1 atom stereocenters. The minimum absolute atomic E-state index is 0.129. The van der Waals surface area contributed by atoms with Gasteiger partial charge in [-0.2, -0.15) is 0 Å². The van der Waals surface area contributed by atoms with Gasteiger partial charge in [-0.25, -0.2) is 0 Å². The van der Waals surface area contributed by atoms with Gasteiger partial charge in [0.15, 0.2) is 0 Å². The van der Waals surface area contributed by atoms with E-state index in [4.69, 9.17) is 4.74 Å². The first-order valence-electron chi connectivity index (χ1n) is 8.49. The van der Waals surface area contributed by atoms with E-state index in [1.165, 1.54) is 16.5 Å².